The Kier molecular flexibility index (Phi) is 7.14. The lowest BCUT2D eigenvalue weighted by atomic mass is 10.1. The van der Waals surface area contributed by atoms with E-state index in [1.165, 1.54) is 0 Å². The first kappa shape index (κ1) is 17.0. The lowest BCUT2D eigenvalue weighted by molar-refractivity contribution is -0.123. The van der Waals surface area contributed by atoms with Crippen LogP contribution >= 0.6 is 0 Å². The first-order valence-corrected chi connectivity index (χ1v) is 8.06. The average Bonchev–Trinajstić information content (AvgIpc) is 2.61. The first-order chi connectivity index (χ1) is 11.3. The third-order valence-corrected chi connectivity index (χ3v) is 3.38. The average molecular weight is 312 g/mol. The fraction of sp³-hybridized carbons (Fsp3) is 0.316. The number of carbonyl (C=O) groups is 1. The van der Waals surface area contributed by atoms with Crippen LogP contribution < -0.4 is 15.4 Å². The van der Waals surface area contributed by atoms with Crippen molar-refractivity contribution >= 4 is 5.91 Å². The number of nitrogens with one attached hydrogen (secondary N) is 2. The summed E-state index contributed by atoms with van der Waals surface area (Å²) >= 11 is 0. The van der Waals surface area contributed by atoms with Crippen LogP contribution in [-0.4, -0.2) is 32.1 Å². The van der Waals surface area contributed by atoms with Gasteiger partial charge in [0.1, 0.15) is 5.75 Å². The molecule has 2 rings (SSSR count). The minimum atomic E-state index is -0.105. The van der Waals surface area contributed by atoms with Gasteiger partial charge in [-0.2, -0.15) is 0 Å². The molecule has 0 fully saturated rings. The lowest BCUT2D eigenvalue weighted by Gasteiger charge is -2.12. The van der Waals surface area contributed by atoms with Crippen molar-refractivity contribution in [3.63, 3.8) is 0 Å². The highest BCUT2D eigenvalue weighted by Crippen LogP contribution is 2.29. The molecule has 2 aromatic carbocycles. The van der Waals surface area contributed by atoms with Crippen LogP contribution in [0.1, 0.15) is 13.3 Å². The second-order valence-corrected chi connectivity index (χ2v) is 5.25. The summed E-state index contributed by atoms with van der Waals surface area (Å²) in [5, 5.41) is 6.08. The van der Waals surface area contributed by atoms with Gasteiger partial charge in [-0.25, -0.2) is 0 Å². The number of hydrogen-bond acceptors (Lipinski definition) is 3. The van der Waals surface area contributed by atoms with Crippen LogP contribution in [0.15, 0.2) is 54.6 Å². The van der Waals surface area contributed by atoms with Crippen molar-refractivity contribution in [2.75, 3.05) is 26.2 Å². The van der Waals surface area contributed by atoms with E-state index in [1.54, 1.807) is 0 Å². The Bertz CT molecular complexity index is 599. The molecule has 4 nitrogen and oxygen atoms in total. The molecular formula is C19H24N2O2. The second-order valence-electron chi connectivity index (χ2n) is 5.25. The third kappa shape index (κ3) is 5.75. The van der Waals surface area contributed by atoms with Crippen LogP contribution in [0.2, 0.25) is 0 Å². The molecule has 0 atom stereocenters. The molecular weight excluding hydrogens is 288 g/mol. The highest BCUT2D eigenvalue weighted by molar-refractivity contribution is 5.78. The standard InChI is InChI=1S/C19H24N2O2/c1-2-12-20-13-14-21-19(22)15-23-18-11-7-6-10-17(18)16-8-4-3-5-9-16/h3-11,20H,2,12-15H2,1H3,(H,21,22). The third-order valence-electron chi connectivity index (χ3n) is 3.38. The Morgan fingerprint density at radius 3 is 2.48 bits per heavy atom. The molecule has 2 aromatic rings. The summed E-state index contributed by atoms with van der Waals surface area (Å²) in [6.45, 7) is 4.50. The van der Waals surface area contributed by atoms with Crippen molar-refractivity contribution in [3.05, 3.63) is 54.6 Å². The number of hydrogen-bond donors (Lipinski definition) is 2. The van der Waals surface area contributed by atoms with Crippen molar-refractivity contribution in [1.29, 1.82) is 0 Å². The quantitative estimate of drug-likeness (QED) is 0.700. The van der Waals surface area contributed by atoms with Crippen molar-refractivity contribution in [1.82, 2.24) is 10.6 Å². The highest BCUT2D eigenvalue weighted by atomic mass is 16.5. The van der Waals surface area contributed by atoms with Crippen molar-refractivity contribution in [2.24, 2.45) is 0 Å². The van der Waals surface area contributed by atoms with Crippen molar-refractivity contribution in [3.8, 4) is 16.9 Å². The molecule has 0 bridgehead atoms. The summed E-state index contributed by atoms with van der Waals surface area (Å²) in [5.74, 6) is 0.615. The molecule has 122 valence electrons. The van der Waals surface area contributed by atoms with Crippen LogP contribution in [-0.2, 0) is 4.79 Å². The lowest BCUT2D eigenvalue weighted by Crippen LogP contribution is -2.35. The van der Waals surface area contributed by atoms with E-state index in [-0.39, 0.29) is 12.5 Å². The summed E-state index contributed by atoms with van der Waals surface area (Å²) < 4.78 is 5.70. The van der Waals surface area contributed by atoms with Crippen molar-refractivity contribution < 1.29 is 9.53 Å². The van der Waals surface area contributed by atoms with E-state index in [0.717, 1.165) is 36.4 Å². The molecule has 0 aromatic heterocycles. The maximum absolute atomic E-state index is 11.8. The van der Waals surface area contributed by atoms with Gasteiger partial charge >= 0.3 is 0 Å². The van der Waals surface area contributed by atoms with E-state index in [2.05, 4.69) is 17.6 Å². The Morgan fingerprint density at radius 2 is 1.70 bits per heavy atom. The van der Waals surface area contributed by atoms with Crippen LogP contribution in [0.3, 0.4) is 0 Å². The molecule has 0 radical (unpaired) electrons. The predicted molar refractivity (Wildman–Crippen MR) is 93.5 cm³/mol. The summed E-state index contributed by atoms with van der Waals surface area (Å²) in [7, 11) is 0. The predicted octanol–water partition coefficient (Wildman–Crippen LogP) is 2.85. The topological polar surface area (TPSA) is 50.4 Å². The molecule has 1 amide bonds. The number of rotatable bonds is 9. The summed E-state index contributed by atoms with van der Waals surface area (Å²) in [5.41, 5.74) is 2.07. The normalized spacial score (nSPS) is 10.3. The van der Waals surface area contributed by atoms with Gasteiger partial charge in [-0.3, -0.25) is 4.79 Å². The Labute approximate surface area is 137 Å². The zero-order valence-electron chi connectivity index (χ0n) is 13.5. The van der Waals surface area contributed by atoms with E-state index in [0.29, 0.717) is 6.54 Å². The number of amides is 1. The van der Waals surface area contributed by atoms with Crippen LogP contribution in [0.4, 0.5) is 0 Å². The van der Waals surface area contributed by atoms with E-state index in [1.807, 2.05) is 54.6 Å². The van der Waals surface area contributed by atoms with E-state index >= 15 is 0 Å². The van der Waals surface area contributed by atoms with Gasteiger partial charge in [0.25, 0.3) is 5.91 Å². The minimum absolute atomic E-state index is 0.0254. The molecule has 4 heteroatoms. The van der Waals surface area contributed by atoms with Gasteiger partial charge in [-0.1, -0.05) is 55.5 Å². The molecule has 0 heterocycles. The van der Waals surface area contributed by atoms with E-state index in [4.69, 9.17) is 4.74 Å². The van der Waals surface area contributed by atoms with Crippen molar-refractivity contribution in [2.45, 2.75) is 13.3 Å². The van der Waals surface area contributed by atoms with Gasteiger partial charge in [-0.15, -0.1) is 0 Å². The molecule has 23 heavy (non-hydrogen) atoms. The summed E-state index contributed by atoms with van der Waals surface area (Å²) in [6, 6.07) is 17.8. The number of benzene rings is 2. The molecule has 2 N–H and O–H groups in total. The SMILES string of the molecule is CCCNCCNC(=O)COc1ccccc1-c1ccccc1. The Balaban J connectivity index is 1.85. The molecule has 0 aliphatic carbocycles. The molecule has 0 saturated carbocycles. The van der Waals surface area contributed by atoms with Crippen LogP contribution in [0, 0.1) is 0 Å². The number of ether oxygens (including phenoxy) is 1. The molecule has 0 saturated heterocycles. The molecule has 0 unspecified atom stereocenters. The van der Waals surface area contributed by atoms with Crippen LogP contribution in [0.5, 0.6) is 5.75 Å². The van der Waals surface area contributed by atoms with Gasteiger partial charge in [0.15, 0.2) is 6.61 Å². The van der Waals surface area contributed by atoms with Gasteiger partial charge in [0.2, 0.25) is 0 Å². The second kappa shape index (κ2) is 9.64. The number of para-hydroxylation sites is 1. The zero-order chi connectivity index (χ0) is 16.3. The maximum atomic E-state index is 11.8. The maximum Gasteiger partial charge on any atom is 0.257 e. The fourth-order valence-corrected chi connectivity index (χ4v) is 2.24. The van der Waals surface area contributed by atoms with Crippen LogP contribution in [0.25, 0.3) is 11.1 Å². The van der Waals surface area contributed by atoms with Gasteiger partial charge in [-0.05, 0) is 24.6 Å². The van der Waals surface area contributed by atoms with Gasteiger partial charge in [0.05, 0.1) is 0 Å². The molecule has 0 spiro atoms. The van der Waals surface area contributed by atoms with E-state index < -0.39 is 0 Å². The monoisotopic (exact) mass is 312 g/mol. The Morgan fingerprint density at radius 1 is 0.957 bits per heavy atom. The Hall–Kier alpha value is -2.33. The number of carbonyl (C=O) groups excluding carboxylic acids is 1. The smallest absolute Gasteiger partial charge is 0.257 e. The zero-order valence-corrected chi connectivity index (χ0v) is 13.5. The molecule has 0 aliphatic heterocycles. The largest absolute Gasteiger partial charge is 0.483 e. The minimum Gasteiger partial charge on any atom is -0.483 e. The first-order valence-electron chi connectivity index (χ1n) is 8.06. The van der Waals surface area contributed by atoms with E-state index in [9.17, 15) is 4.79 Å². The summed E-state index contributed by atoms with van der Waals surface area (Å²) in [4.78, 5) is 11.8. The highest BCUT2D eigenvalue weighted by Gasteiger charge is 2.07. The molecule has 0 aliphatic rings. The fourth-order valence-electron chi connectivity index (χ4n) is 2.24. The van der Waals surface area contributed by atoms with Gasteiger partial charge < -0.3 is 15.4 Å². The summed E-state index contributed by atoms with van der Waals surface area (Å²) in [6.07, 6.45) is 1.09. The van der Waals surface area contributed by atoms with Gasteiger partial charge in [0, 0.05) is 18.7 Å².